The Balaban J connectivity index is 1.67. The molecule has 0 saturated carbocycles. The average Bonchev–Trinajstić information content (AvgIpc) is 2.66. The zero-order valence-corrected chi connectivity index (χ0v) is 13.4. The van der Waals surface area contributed by atoms with Gasteiger partial charge in [0.25, 0.3) is 0 Å². The second-order valence-corrected chi connectivity index (χ2v) is 6.73. The van der Waals surface area contributed by atoms with Crippen molar-refractivity contribution in [1.29, 1.82) is 0 Å². The number of nitrogens with zero attached hydrogens (tertiary/aromatic N) is 3. The third-order valence-corrected chi connectivity index (χ3v) is 4.94. The van der Waals surface area contributed by atoms with Crippen molar-refractivity contribution in [3.8, 4) is 0 Å². The second-order valence-electron chi connectivity index (χ2n) is 6.73. The van der Waals surface area contributed by atoms with Crippen molar-refractivity contribution < 1.29 is 5.11 Å². The molecule has 0 radical (unpaired) electrons. The first-order chi connectivity index (χ1) is 9.67. The van der Waals surface area contributed by atoms with Crippen molar-refractivity contribution in [3.63, 3.8) is 0 Å². The number of β-amino-alcohol motifs (C(OH)–C–C–N with tert-alkyl or cyclic N) is 1. The van der Waals surface area contributed by atoms with Crippen LogP contribution < -0.4 is 0 Å². The topological polar surface area (TPSA) is 30.0 Å². The molecule has 2 rings (SSSR count). The first-order valence-corrected chi connectivity index (χ1v) is 8.52. The van der Waals surface area contributed by atoms with Gasteiger partial charge in [0.05, 0.1) is 6.10 Å². The standard InChI is InChI=1S/C16H33N3O/c1-3-17-7-4-8-18(12-11-17)13-16(20)14-19-9-5-15(2)6-10-19/h15-16,20H,3-14H2,1-2H3. The monoisotopic (exact) mass is 283 g/mol. The van der Waals surface area contributed by atoms with Crippen molar-refractivity contribution in [1.82, 2.24) is 14.7 Å². The molecule has 0 bridgehead atoms. The molecule has 2 fully saturated rings. The summed E-state index contributed by atoms with van der Waals surface area (Å²) in [7, 11) is 0. The lowest BCUT2D eigenvalue weighted by atomic mass is 9.99. The number of aliphatic hydroxyl groups is 1. The number of rotatable bonds is 5. The van der Waals surface area contributed by atoms with Crippen LogP contribution in [0.4, 0.5) is 0 Å². The predicted molar refractivity (Wildman–Crippen MR) is 84.0 cm³/mol. The lowest BCUT2D eigenvalue weighted by Crippen LogP contribution is -2.43. The molecule has 0 aromatic heterocycles. The van der Waals surface area contributed by atoms with Gasteiger partial charge in [0.2, 0.25) is 0 Å². The van der Waals surface area contributed by atoms with E-state index in [4.69, 9.17) is 0 Å². The molecule has 1 N–H and O–H groups in total. The van der Waals surface area contributed by atoms with E-state index in [1.54, 1.807) is 0 Å². The van der Waals surface area contributed by atoms with Gasteiger partial charge in [-0.25, -0.2) is 0 Å². The molecule has 0 amide bonds. The predicted octanol–water partition coefficient (Wildman–Crippen LogP) is 1.11. The maximum absolute atomic E-state index is 10.3. The van der Waals surface area contributed by atoms with Crippen molar-refractivity contribution in [2.24, 2.45) is 5.92 Å². The molecule has 2 aliphatic heterocycles. The number of piperidine rings is 1. The van der Waals surface area contributed by atoms with E-state index in [1.807, 2.05) is 0 Å². The molecular formula is C16H33N3O. The molecule has 2 saturated heterocycles. The molecule has 118 valence electrons. The van der Waals surface area contributed by atoms with E-state index in [9.17, 15) is 5.11 Å². The first kappa shape index (κ1) is 16.2. The van der Waals surface area contributed by atoms with Crippen LogP contribution in [0.1, 0.15) is 33.1 Å². The van der Waals surface area contributed by atoms with Gasteiger partial charge in [0.1, 0.15) is 0 Å². The third-order valence-electron chi connectivity index (χ3n) is 4.94. The Morgan fingerprint density at radius 3 is 2.10 bits per heavy atom. The molecule has 1 atom stereocenters. The quantitative estimate of drug-likeness (QED) is 0.818. The highest BCUT2D eigenvalue weighted by Crippen LogP contribution is 2.16. The minimum atomic E-state index is -0.184. The summed E-state index contributed by atoms with van der Waals surface area (Å²) in [6.45, 7) is 14.4. The number of aliphatic hydroxyl groups excluding tert-OH is 1. The van der Waals surface area contributed by atoms with Crippen molar-refractivity contribution in [2.75, 3.05) is 58.9 Å². The van der Waals surface area contributed by atoms with E-state index >= 15 is 0 Å². The fraction of sp³-hybridized carbons (Fsp3) is 1.00. The van der Waals surface area contributed by atoms with Gasteiger partial charge in [-0.1, -0.05) is 13.8 Å². The van der Waals surface area contributed by atoms with Gasteiger partial charge in [-0.3, -0.25) is 4.90 Å². The van der Waals surface area contributed by atoms with E-state index < -0.39 is 0 Å². The molecule has 0 aromatic carbocycles. The fourth-order valence-corrected chi connectivity index (χ4v) is 3.42. The van der Waals surface area contributed by atoms with E-state index in [-0.39, 0.29) is 6.10 Å². The first-order valence-electron chi connectivity index (χ1n) is 8.52. The van der Waals surface area contributed by atoms with Gasteiger partial charge in [-0.2, -0.15) is 0 Å². The molecule has 0 aromatic rings. The van der Waals surface area contributed by atoms with Gasteiger partial charge in [0.15, 0.2) is 0 Å². The highest BCUT2D eigenvalue weighted by molar-refractivity contribution is 4.76. The van der Waals surface area contributed by atoms with Crippen LogP contribution in [0.25, 0.3) is 0 Å². The fourth-order valence-electron chi connectivity index (χ4n) is 3.42. The van der Waals surface area contributed by atoms with Crippen LogP contribution in [0.15, 0.2) is 0 Å². The second kappa shape index (κ2) is 8.32. The van der Waals surface area contributed by atoms with Gasteiger partial charge in [-0.05, 0) is 57.9 Å². The smallest absolute Gasteiger partial charge is 0.0793 e. The van der Waals surface area contributed by atoms with Crippen LogP contribution in [-0.2, 0) is 0 Å². The average molecular weight is 283 g/mol. The molecule has 2 heterocycles. The lowest BCUT2D eigenvalue weighted by molar-refractivity contribution is 0.0622. The molecule has 4 nitrogen and oxygen atoms in total. The minimum Gasteiger partial charge on any atom is -0.390 e. The van der Waals surface area contributed by atoms with Crippen molar-refractivity contribution >= 4 is 0 Å². The summed E-state index contributed by atoms with van der Waals surface area (Å²) >= 11 is 0. The highest BCUT2D eigenvalue weighted by atomic mass is 16.3. The maximum atomic E-state index is 10.3. The Morgan fingerprint density at radius 2 is 1.45 bits per heavy atom. The van der Waals surface area contributed by atoms with Crippen LogP contribution in [0.5, 0.6) is 0 Å². The summed E-state index contributed by atoms with van der Waals surface area (Å²) in [6, 6.07) is 0. The van der Waals surface area contributed by atoms with Crippen LogP contribution in [-0.4, -0.2) is 84.8 Å². The number of hydrogen-bond acceptors (Lipinski definition) is 4. The van der Waals surface area contributed by atoms with Crippen LogP contribution >= 0.6 is 0 Å². The number of hydrogen-bond donors (Lipinski definition) is 1. The van der Waals surface area contributed by atoms with Gasteiger partial charge < -0.3 is 14.9 Å². The van der Waals surface area contributed by atoms with E-state index in [0.717, 1.165) is 45.2 Å². The Hall–Kier alpha value is -0.160. The van der Waals surface area contributed by atoms with Crippen LogP contribution in [0.3, 0.4) is 0 Å². The number of likely N-dealkylation sites (N-methyl/N-ethyl adjacent to an activating group) is 1. The number of likely N-dealkylation sites (tertiary alicyclic amines) is 1. The van der Waals surface area contributed by atoms with Gasteiger partial charge >= 0.3 is 0 Å². The molecule has 0 aliphatic carbocycles. The largest absolute Gasteiger partial charge is 0.390 e. The minimum absolute atomic E-state index is 0.184. The van der Waals surface area contributed by atoms with Crippen LogP contribution in [0.2, 0.25) is 0 Å². The molecular weight excluding hydrogens is 250 g/mol. The van der Waals surface area contributed by atoms with Crippen LogP contribution in [0, 0.1) is 5.92 Å². The van der Waals surface area contributed by atoms with Crippen molar-refractivity contribution in [3.05, 3.63) is 0 Å². The Kier molecular flexibility index (Phi) is 6.75. The summed E-state index contributed by atoms with van der Waals surface area (Å²) in [5, 5.41) is 10.3. The highest BCUT2D eigenvalue weighted by Gasteiger charge is 2.21. The third kappa shape index (κ3) is 5.32. The SMILES string of the molecule is CCN1CCCN(CC(O)CN2CCC(C)CC2)CC1. The maximum Gasteiger partial charge on any atom is 0.0793 e. The zero-order chi connectivity index (χ0) is 14.4. The lowest BCUT2D eigenvalue weighted by Gasteiger charge is -2.33. The van der Waals surface area contributed by atoms with E-state index in [1.165, 1.54) is 38.9 Å². The molecule has 1 unspecified atom stereocenters. The summed E-state index contributed by atoms with van der Waals surface area (Å²) in [4.78, 5) is 7.41. The van der Waals surface area contributed by atoms with E-state index in [0.29, 0.717) is 0 Å². The van der Waals surface area contributed by atoms with Gasteiger partial charge in [0, 0.05) is 26.2 Å². The van der Waals surface area contributed by atoms with E-state index in [2.05, 4.69) is 28.5 Å². The van der Waals surface area contributed by atoms with Gasteiger partial charge in [-0.15, -0.1) is 0 Å². The van der Waals surface area contributed by atoms with Crippen molar-refractivity contribution in [2.45, 2.75) is 39.2 Å². The summed E-state index contributed by atoms with van der Waals surface area (Å²) in [5.41, 5.74) is 0. The summed E-state index contributed by atoms with van der Waals surface area (Å²) < 4.78 is 0. The summed E-state index contributed by atoms with van der Waals surface area (Å²) in [5.74, 6) is 0.869. The zero-order valence-electron chi connectivity index (χ0n) is 13.4. The molecule has 4 heteroatoms. The Bertz CT molecular complexity index is 266. The Morgan fingerprint density at radius 1 is 0.900 bits per heavy atom. The normalized spacial score (nSPS) is 26.6. The molecule has 20 heavy (non-hydrogen) atoms. The summed E-state index contributed by atoms with van der Waals surface area (Å²) in [6.07, 6.45) is 3.64. The molecule has 2 aliphatic rings. The molecule has 0 spiro atoms. The Labute approximate surface area is 124 Å².